The predicted octanol–water partition coefficient (Wildman–Crippen LogP) is 2.71. The number of anilines is 2. The van der Waals surface area contributed by atoms with E-state index in [2.05, 4.69) is 41.0 Å². The lowest BCUT2D eigenvalue weighted by Crippen LogP contribution is -2.34. The fourth-order valence-corrected chi connectivity index (χ4v) is 2.31. The van der Waals surface area contributed by atoms with E-state index in [1.54, 1.807) is 6.33 Å². The predicted molar refractivity (Wildman–Crippen MR) is 76.2 cm³/mol. The van der Waals surface area contributed by atoms with Crippen molar-refractivity contribution in [1.82, 2.24) is 9.97 Å². The Morgan fingerprint density at radius 3 is 2.61 bits per heavy atom. The van der Waals surface area contributed by atoms with Crippen LogP contribution in [0.4, 0.5) is 11.6 Å². The van der Waals surface area contributed by atoms with Gasteiger partial charge in [-0.2, -0.15) is 0 Å². The van der Waals surface area contributed by atoms with E-state index in [-0.39, 0.29) is 0 Å². The maximum absolute atomic E-state index is 4.54. The molecule has 1 N–H and O–H groups in total. The number of aromatic nitrogens is 2. The molecule has 2 rings (SSSR count). The molecule has 0 radical (unpaired) electrons. The van der Waals surface area contributed by atoms with E-state index in [0.717, 1.165) is 30.5 Å². The smallest absolute Gasteiger partial charge is 0.137 e. The minimum Gasteiger partial charge on any atom is -0.373 e. The molecule has 0 spiro atoms. The first-order valence-electron chi connectivity index (χ1n) is 6.95. The fourth-order valence-electron chi connectivity index (χ4n) is 2.31. The van der Waals surface area contributed by atoms with Gasteiger partial charge in [0, 0.05) is 25.2 Å². The minimum absolute atomic E-state index is 0.482. The van der Waals surface area contributed by atoms with Crippen LogP contribution in [0.25, 0.3) is 0 Å². The highest BCUT2D eigenvalue weighted by molar-refractivity contribution is 5.59. The molecule has 1 saturated carbocycles. The van der Waals surface area contributed by atoms with E-state index in [4.69, 9.17) is 0 Å². The lowest BCUT2D eigenvalue weighted by Gasteiger charge is -2.30. The first-order chi connectivity index (χ1) is 8.67. The van der Waals surface area contributed by atoms with Crippen LogP contribution in [0.15, 0.2) is 6.33 Å². The van der Waals surface area contributed by atoms with Crippen LogP contribution < -0.4 is 10.2 Å². The maximum atomic E-state index is 4.54. The molecule has 0 amide bonds. The Morgan fingerprint density at radius 1 is 1.39 bits per heavy atom. The Bertz CT molecular complexity index is 399. The molecule has 1 fully saturated rings. The first kappa shape index (κ1) is 13.1. The average molecular weight is 248 g/mol. The van der Waals surface area contributed by atoms with E-state index >= 15 is 0 Å². The van der Waals surface area contributed by atoms with Crippen LogP contribution in [-0.4, -0.2) is 29.6 Å². The molecule has 4 heteroatoms. The first-order valence-corrected chi connectivity index (χ1v) is 6.95. The van der Waals surface area contributed by atoms with Crippen LogP contribution in [0.1, 0.15) is 39.2 Å². The van der Waals surface area contributed by atoms with Gasteiger partial charge in [0.25, 0.3) is 0 Å². The van der Waals surface area contributed by atoms with Gasteiger partial charge >= 0.3 is 0 Å². The molecule has 18 heavy (non-hydrogen) atoms. The van der Waals surface area contributed by atoms with E-state index in [1.807, 2.05) is 7.05 Å². The zero-order valence-corrected chi connectivity index (χ0v) is 11.9. The molecule has 0 bridgehead atoms. The molecule has 100 valence electrons. The van der Waals surface area contributed by atoms with Crippen molar-refractivity contribution < 1.29 is 0 Å². The zero-order valence-electron chi connectivity index (χ0n) is 11.9. The molecular formula is C14H24N4. The third-order valence-corrected chi connectivity index (χ3v) is 3.56. The van der Waals surface area contributed by atoms with Gasteiger partial charge in [0.05, 0.1) is 0 Å². The van der Waals surface area contributed by atoms with E-state index in [9.17, 15) is 0 Å². The summed E-state index contributed by atoms with van der Waals surface area (Å²) in [5, 5.41) is 3.17. The van der Waals surface area contributed by atoms with Crippen molar-refractivity contribution >= 4 is 11.6 Å². The Morgan fingerprint density at radius 2 is 2.11 bits per heavy atom. The second-order valence-corrected chi connectivity index (χ2v) is 5.32. The van der Waals surface area contributed by atoms with Gasteiger partial charge < -0.3 is 10.2 Å². The highest BCUT2D eigenvalue weighted by atomic mass is 15.2. The average Bonchev–Trinajstić information content (AvgIpc) is 3.18. The molecule has 0 saturated heterocycles. The van der Waals surface area contributed by atoms with Crippen LogP contribution in [-0.2, 0) is 6.42 Å². The van der Waals surface area contributed by atoms with Crippen LogP contribution in [0, 0.1) is 5.92 Å². The molecule has 0 atom stereocenters. The summed E-state index contributed by atoms with van der Waals surface area (Å²) >= 11 is 0. The topological polar surface area (TPSA) is 41.1 Å². The highest BCUT2D eigenvalue weighted by Gasteiger charge is 2.27. The minimum atomic E-state index is 0.482. The number of nitrogens with zero attached hydrogens (tertiary/aromatic N) is 3. The van der Waals surface area contributed by atoms with Gasteiger partial charge in [-0.1, -0.05) is 6.92 Å². The van der Waals surface area contributed by atoms with Gasteiger partial charge in [0.2, 0.25) is 0 Å². The van der Waals surface area contributed by atoms with Crippen LogP contribution in [0.5, 0.6) is 0 Å². The van der Waals surface area contributed by atoms with E-state index in [1.165, 1.54) is 18.4 Å². The molecule has 0 unspecified atom stereocenters. The summed E-state index contributed by atoms with van der Waals surface area (Å²) in [6, 6.07) is 0.482. The fraction of sp³-hybridized carbons (Fsp3) is 0.714. The van der Waals surface area contributed by atoms with Gasteiger partial charge in [0.15, 0.2) is 0 Å². The van der Waals surface area contributed by atoms with Crippen molar-refractivity contribution in [2.24, 2.45) is 5.92 Å². The summed E-state index contributed by atoms with van der Waals surface area (Å²) in [5.74, 6) is 2.94. The Labute approximate surface area is 110 Å². The summed E-state index contributed by atoms with van der Waals surface area (Å²) in [5.41, 5.74) is 1.23. The van der Waals surface area contributed by atoms with Crippen LogP contribution in [0.2, 0.25) is 0 Å². The molecular weight excluding hydrogens is 224 g/mol. The molecule has 0 aliphatic heterocycles. The summed E-state index contributed by atoms with van der Waals surface area (Å²) < 4.78 is 0. The van der Waals surface area contributed by atoms with E-state index in [0.29, 0.717) is 6.04 Å². The Kier molecular flexibility index (Phi) is 4.04. The molecule has 0 aromatic carbocycles. The van der Waals surface area contributed by atoms with Gasteiger partial charge in [-0.05, 0) is 39.0 Å². The summed E-state index contributed by atoms with van der Waals surface area (Å²) in [6.07, 6.45) is 5.37. The largest absolute Gasteiger partial charge is 0.373 e. The summed E-state index contributed by atoms with van der Waals surface area (Å²) in [4.78, 5) is 11.3. The van der Waals surface area contributed by atoms with Crippen LogP contribution in [0.3, 0.4) is 0 Å². The zero-order chi connectivity index (χ0) is 13.1. The van der Waals surface area contributed by atoms with Gasteiger partial charge in [-0.25, -0.2) is 9.97 Å². The van der Waals surface area contributed by atoms with Gasteiger partial charge in [-0.3, -0.25) is 0 Å². The number of hydrogen-bond acceptors (Lipinski definition) is 4. The third kappa shape index (κ3) is 2.74. The van der Waals surface area contributed by atoms with Crippen molar-refractivity contribution in [2.45, 2.75) is 46.1 Å². The highest BCUT2D eigenvalue weighted by Crippen LogP contribution is 2.33. The molecule has 1 aliphatic carbocycles. The number of rotatable bonds is 6. The second-order valence-electron chi connectivity index (χ2n) is 5.32. The maximum Gasteiger partial charge on any atom is 0.137 e. The quantitative estimate of drug-likeness (QED) is 0.840. The van der Waals surface area contributed by atoms with Crippen LogP contribution >= 0.6 is 0 Å². The lowest BCUT2D eigenvalue weighted by molar-refractivity contribution is 0.632. The lowest BCUT2D eigenvalue weighted by atomic mass is 10.1. The number of nitrogens with one attached hydrogen (secondary N) is 1. The molecule has 4 nitrogen and oxygen atoms in total. The molecule has 1 heterocycles. The third-order valence-electron chi connectivity index (χ3n) is 3.56. The van der Waals surface area contributed by atoms with Gasteiger partial charge in [-0.15, -0.1) is 0 Å². The van der Waals surface area contributed by atoms with Crippen molar-refractivity contribution in [1.29, 1.82) is 0 Å². The summed E-state index contributed by atoms with van der Waals surface area (Å²) in [7, 11) is 1.92. The van der Waals surface area contributed by atoms with Crippen molar-refractivity contribution in [3.05, 3.63) is 11.9 Å². The van der Waals surface area contributed by atoms with Crippen molar-refractivity contribution in [3.8, 4) is 0 Å². The molecule has 1 aliphatic rings. The van der Waals surface area contributed by atoms with Crippen molar-refractivity contribution in [2.75, 3.05) is 23.8 Å². The monoisotopic (exact) mass is 248 g/mol. The van der Waals surface area contributed by atoms with Gasteiger partial charge in [0.1, 0.15) is 18.0 Å². The standard InChI is InChI=1S/C14H24N4/c1-5-12-13(15-4)16-9-17-14(12)18(10(2)3)8-11-6-7-11/h9-11H,5-8H2,1-4H3,(H,15,16,17). The second kappa shape index (κ2) is 5.55. The summed E-state index contributed by atoms with van der Waals surface area (Å²) in [6.45, 7) is 7.77. The Hall–Kier alpha value is -1.32. The Balaban J connectivity index is 2.32. The van der Waals surface area contributed by atoms with E-state index < -0.39 is 0 Å². The number of hydrogen-bond donors (Lipinski definition) is 1. The SMILES string of the molecule is CCc1c(NC)ncnc1N(CC1CC1)C(C)C. The van der Waals surface area contributed by atoms with Crippen molar-refractivity contribution in [3.63, 3.8) is 0 Å². The molecule has 1 aromatic heterocycles. The molecule has 1 aromatic rings. The normalized spacial score (nSPS) is 14.9.